The highest BCUT2D eigenvalue weighted by atomic mass is 16.1. The number of pyridine rings is 1. The van der Waals surface area contributed by atoms with Gasteiger partial charge in [0.1, 0.15) is 5.69 Å². The molecule has 0 saturated carbocycles. The molecule has 1 aromatic heterocycles. The zero-order chi connectivity index (χ0) is 10.7. The lowest BCUT2D eigenvalue weighted by atomic mass is 10.2. The monoisotopic (exact) mass is 205 g/mol. The Labute approximate surface area is 89.1 Å². The predicted octanol–water partition coefficient (Wildman–Crippen LogP) is 0.482. The molecule has 2 N–H and O–H groups in total. The van der Waals surface area contributed by atoms with Gasteiger partial charge in [0.25, 0.3) is 5.91 Å². The maximum absolute atomic E-state index is 11.8. The zero-order valence-electron chi connectivity index (χ0n) is 8.79. The molecule has 4 heteroatoms. The number of aromatic nitrogens is 1. The number of nitrogens with zero attached hydrogens (tertiary/aromatic N) is 1. The van der Waals surface area contributed by atoms with Crippen LogP contribution in [-0.2, 0) is 0 Å². The molecule has 1 atom stereocenters. The summed E-state index contributed by atoms with van der Waals surface area (Å²) in [5.41, 5.74) is 1.45. The molecule has 0 spiro atoms. The number of hydrogen-bond acceptors (Lipinski definition) is 3. The third kappa shape index (κ3) is 2.33. The maximum Gasteiger partial charge on any atom is 0.270 e. The van der Waals surface area contributed by atoms with Crippen molar-refractivity contribution >= 4 is 5.91 Å². The Morgan fingerprint density at radius 1 is 1.67 bits per heavy atom. The van der Waals surface area contributed by atoms with E-state index in [2.05, 4.69) is 15.6 Å². The van der Waals surface area contributed by atoms with Crippen LogP contribution in [-0.4, -0.2) is 30.0 Å². The second kappa shape index (κ2) is 4.40. The highest BCUT2D eigenvalue weighted by Crippen LogP contribution is 2.05. The summed E-state index contributed by atoms with van der Waals surface area (Å²) in [5, 5.41) is 6.18. The average molecular weight is 205 g/mol. The summed E-state index contributed by atoms with van der Waals surface area (Å²) < 4.78 is 0. The van der Waals surface area contributed by atoms with E-state index in [-0.39, 0.29) is 11.9 Å². The van der Waals surface area contributed by atoms with Crippen molar-refractivity contribution in [2.75, 3.05) is 13.1 Å². The molecule has 0 unspecified atom stereocenters. The van der Waals surface area contributed by atoms with Crippen molar-refractivity contribution in [1.29, 1.82) is 0 Å². The quantitative estimate of drug-likeness (QED) is 0.738. The van der Waals surface area contributed by atoms with Gasteiger partial charge in [-0.25, -0.2) is 0 Å². The summed E-state index contributed by atoms with van der Waals surface area (Å²) in [6, 6.07) is 3.98. The molecule has 1 aliphatic heterocycles. The second-order valence-corrected chi connectivity index (χ2v) is 3.83. The Bertz CT molecular complexity index is 359. The smallest absolute Gasteiger partial charge is 0.270 e. The number of carbonyl (C=O) groups excluding carboxylic acids is 1. The van der Waals surface area contributed by atoms with E-state index >= 15 is 0 Å². The van der Waals surface area contributed by atoms with Gasteiger partial charge in [0.2, 0.25) is 0 Å². The number of carbonyl (C=O) groups is 1. The van der Waals surface area contributed by atoms with Crippen LogP contribution in [0.2, 0.25) is 0 Å². The Morgan fingerprint density at radius 2 is 2.53 bits per heavy atom. The zero-order valence-corrected chi connectivity index (χ0v) is 8.79. The molecule has 2 heterocycles. The van der Waals surface area contributed by atoms with E-state index in [0.29, 0.717) is 5.69 Å². The van der Waals surface area contributed by atoms with E-state index in [4.69, 9.17) is 0 Å². The van der Waals surface area contributed by atoms with Crippen molar-refractivity contribution in [2.45, 2.75) is 19.4 Å². The van der Waals surface area contributed by atoms with Crippen molar-refractivity contribution in [3.8, 4) is 0 Å². The molecule has 1 aliphatic rings. The Morgan fingerprint density at radius 3 is 3.20 bits per heavy atom. The van der Waals surface area contributed by atoms with Crippen molar-refractivity contribution in [2.24, 2.45) is 0 Å². The highest BCUT2D eigenvalue weighted by Gasteiger charge is 2.18. The van der Waals surface area contributed by atoms with Gasteiger partial charge in [0.15, 0.2) is 0 Å². The predicted molar refractivity (Wildman–Crippen MR) is 57.7 cm³/mol. The summed E-state index contributed by atoms with van der Waals surface area (Å²) in [6.45, 7) is 3.73. The number of hydrogen-bond donors (Lipinski definition) is 2. The third-order valence-electron chi connectivity index (χ3n) is 2.62. The Hall–Kier alpha value is -1.42. The van der Waals surface area contributed by atoms with Crippen LogP contribution < -0.4 is 10.6 Å². The molecule has 0 bridgehead atoms. The van der Waals surface area contributed by atoms with Gasteiger partial charge in [-0.05, 0) is 31.5 Å². The maximum atomic E-state index is 11.8. The van der Waals surface area contributed by atoms with Crippen LogP contribution in [0, 0.1) is 6.92 Å². The van der Waals surface area contributed by atoms with Crippen LogP contribution in [0.3, 0.4) is 0 Å². The Balaban J connectivity index is 2.04. The first-order valence-electron chi connectivity index (χ1n) is 5.20. The summed E-state index contributed by atoms with van der Waals surface area (Å²) >= 11 is 0. The van der Waals surface area contributed by atoms with Gasteiger partial charge in [-0.2, -0.15) is 0 Å². The molecule has 2 rings (SSSR count). The van der Waals surface area contributed by atoms with Gasteiger partial charge in [0, 0.05) is 18.8 Å². The molecule has 0 radical (unpaired) electrons. The fraction of sp³-hybridized carbons (Fsp3) is 0.455. The van der Waals surface area contributed by atoms with Crippen molar-refractivity contribution in [3.63, 3.8) is 0 Å². The summed E-state index contributed by atoms with van der Waals surface area (Å²) in [7, 11) is 0. The number of nitrogens with one attached hydrogen (secondary N) is 2. The molecule has 0 aromatic carbocycles. The van der Waals surface area contributed by atoms with Crippen LogP contribution in [0.15, 0.2) is 18.3 Å². The van der Waals surface area contributed by atoms with Gasteiger partial charge < -0.3 is 10.6 Å². The van der Waals surface area contributed by atoms with Crippen molar-refractivity contribution in [1.82, 2.24) is 15.6 Å². The first kappa shape index (κ1) is 10.1. The van der Waals surface area contributed by atoms with E-state index in [1.54, 1.807) is 6.20 Å². The van der Waals surface area contributed by atoms with E-state index in [0.717, 1.165) is 25.1 Å². The second-order valence-electron chi connectivity index (χ2n) is 3.83. The number of aryl methyl sites for hydroxylation is 1. The lowest BCUT2D eigenvalue weighted by Crippen LogP contribution is -2.36. The van der Waals surface area contributed by atoms with Gasteiger partial charge >= 0.3 is 0 Å². The molecule has 1 aromatic rings. The molecular formula is C11H15N3O. The van der Waals surface area contributed by atoms with E-state index in [1.165, 1.54) is 0 Å². The SMILES string of the molecule is Cc1cccnc1C(=O)N[C@H]1CCNC1. The molecule has 1 fully saturated rings. The number of amides is 1. The van der Waals surface area contributed by atoms with Crippen LogP contribution in [0.25, 0.3) is 0 Å². The summed E-state index contributed by atoms with van der Waals surface area (Å²) in [4.78, 5) is 15.9. The van der Waals surface area contributed by atoms with Crippen LogP contribution >= 0.6 is 0 Å². The first-order valence-corrected chi connectivity index (χ1v) is 5.20. The van der Waals surface area contributed by atoms with Gasteiger partial charge in [0.05, 0.1) is 0 Å². The fourth-order valence-electron chi connectivity index (χ4n) is 1.75. The minimum Gasteiger partial charge on any atom is -0.347 e. The molecule has 0 aliphatic carbocycles. The van der Waals surface area contributed by atoms with E-state index < -0.39 is 0 Å². The highest BCUT2D eigenvalue weighted by molar-refractivity contribution is 5.93. The molecule has 4 nitrogen and oxygen atoms in total. The summed E-state index contributed by atoms with van der Waals surface area (Å²) in [5.74, 6) is -0.0678. The first-order chi connectivity index (χ1) is 7.27. The third-order valence-corrected chi connectivity index (χ3v) is 2.62. The summed E-state index contributed by atoms with van der Waals surface area (Å²) in [6.07, 6.45) is 2.65. The lowest BCUT2D eigenvalue weighted by Gasteiger charge is -2.11. The van der Waals surface area contributed by atoms with Crippen LogP contribution in [0.5, 0.6) is 0 Å². The lowest BCUT2D eigenvalue weighted by molar-refractivity contribution is 0.0934. The fourth-order valence-corrected chi connectivity index (χ4v) is 1.75. The van der Waals surface area contributed by atoms with Gasteiger partial charge in [-0.15, -0.1) is 0 Å². The molecule has 1 amide bonds. The van der Waals surface area contributed by atoms with Gasteiger partial charge in [-0.3, -0.25) is 9.78 Å². The standard InChI is InChI=1S/C11H15N3O/c1-8-3-2-5-13-10(8)11(15)14-9-4-6-12-7-9/h2-3,5,9,12H,4,6-7H2,1H3,(H,14,15)/t9-/m0/s1. The van der Waals surface area contributed by atoms with Crippen LogP contribution in [0.1, 0.15) is 22.5 Å². The molecule has 80 valence electrons. The van der Waals surface area contributed by atoms with Crippen molar-refractivity contribution in [3.05, 3.63) is 29.6 Å². The molecule has 1 saturated heterocycles. The van der Waals surface area contributed by atoms with E-state index in [1.807, 2.05) is 19.1 Å². The largest absolute Gasteiger partial charge is 0.347 e. The minimum absolute atomic E-state index is 0.0678. The number of rotatable bonds is 2. The average Bonchev–Trinajstić information content (AvgIpc) is 2.71. The topological polar surface area (TPSA) is 54.0 Å². The molecular weight excluding hydrogens is 190 g/mol. The van der Waals surface area contributed by atoms with E-state index in [9.17, 15) is 4.79 Å². The molecule has 15 heavy (non-hydrogen) atoms. The van der Waals surface area contributed by atoms with Gasteiger partial charge in [-0.1, -0.05) is 6.07 Å². The Kier molecular flexibility index (Phi) is 2.97. The normalized spacial score (nSPS) is 20.2. The van der Waals surface area contributed by atoms with Crippen molar-refractivity contribution < 1.29 is 4.79 Å². The minimum atomic E-state index is -0.0678. The van der Waals surface area contributed by atoms with Crippen LogP contribution in [0.4, 0.5) is 0 Å².